The van der Waals surface area contributed by atoms with Crippen LogP contribution in [-0.2, 0) is 22.6 Å². The lowest BCUT2D eigenvalue weighted by Gasteiger charge is -2.23. The number of para-hydroxylation sites is 2. The Morgan fingerprint density at radius 3 is 2.03 bits per heavy atom. The minimum atomic E-state index is -1.04. The monoisotopic (exact) mass is 419 g/mol. The van der Waals surface area contributed by atoms with Gasteiger partial charge in [0, 0.05) is 5.56 Å². The van der Waals surface area contributed by atoms with Gasteiger partial charge in [0.25, 0.3) is 0 Å². The molecule has 1 amide bonds. The lowest BCUT2D eigenvalue weighted by molar-refractivity contribution is -0.139. The molecule has 0 atom stereocenters. The summed E-state index contributed by atoms with van der Waals surface area (Å²) < 4.78 is 11.1. The summed E-state index contributed by atoms with van der Waals surface area (Å²) in [5.41, 5.74) is 3.04. The van der Waals surface area contributed by atoms with Crippen LogP contribution in [0.5, 0.6) is 5.75 Å². The molecule has 0 aliphatic carbocycles. The Hall–Kier alpha value is -3.80. The first-order valence-electron chi connectivity index (χ1n) is 10.1. The van der Waals surface area contributed by atoms with E-state index in [-0.39, 0.29) is 6.61 Å². The van der Waals surface area contributed by atoms with Crippen LogP contribution in [0.4, 0.5) is 16.2 Å². The third-order valence-corrected chi connectivity index (χ3v) is 4.64. The van der Waals surface area contributed by atoms with E-state index in [4.69, 9.17) is 14.6 Å². The number of anilines is 2. The predicted octanol–water partition coefficient (Wildman–Crippen LogP) is 5.58. The maximum absolute atomic E-state index is 13.1. The maximum Gasteiger partial charge on any atom is 0.419 e. The Balaban J connectivity index is 1.82. The Morgan fingerprint density at radius 1 is 0.871 bits per heavy atom. The normalized spacial score (nSPS) is 10.4. The molecule has 6 nitrogen and oxygen atoms in total. The van der Waals surface area contributed by atoms with Crippen molar-refractivity contribution in [3.8, 4) is 5.75 Å². The minimum Gasteiger partial charge on any atom is -0.482 e. The molecular formula is C25H25NO5. The molecule has 0 aromatic heterocycles. The van der Waals surface area contributed by atoms with Gasteiger partial charge in [-0.2, -0.15) is 0 Å². The van der Waals surface area contributed by atoms with Crippen molar-refractivity contribution in [1.82, 2.24) is 0 Å². The van der Waals surface area contributed by atoms with Gasteiger partial charge in [0.1, 0.15) is 12.4 Å². The van der Waals surface area contributed by atoms with Crippen molar-refractivity contribution >= 4 is 23.4 Å². The number of benzene rings is 3. The molecule has 0 saturated heterocycles. The van der Waals surface area contributed by atoms with Crippen molar-refractivity contribution < 1.29 is 24.2 Å². The number of carboxylic acids is 1. The van der Waals surface area contributed by atoms with Gasteiger partial charge in [-0.3, -0.25) is 0 Å². The molecule has 0 aliphatic rings. The molecule has 0 saturated carbocycles. The lowest BCUT2D eigenvalue weighted by Crippen LogP contribution is -2.26. The molecule has 0 spiro atoms. The van der Waals surface area contributed by atoms with E-state index in [1.54, 1.807) is 12.1 Å². The summed E-state index contributed by atoms with van der Waals surface area (Å²) in [6.07, 6.45) is 1.02. The van der Waals surface area contributed by atoms with Crippen LogP contribution in [0.3, 0.4) is 0 Å². The van der Waals surface area contributed by atoms with Crippen LogP contribution in [-0.4, -0.2) is 23.8 Å². The van der Waals surface area contributed by atoms with Gasteiger partial charge < -0.3 is 14.6 Å². The highest BCUT2D eigenvalue weighted by molar-refractivity contribution is 5.95. The molecule has 1 N–H and O–H groups in total. The predicted molar refractivity (Wildman–Crippen MR) is 119 cm³/mol. The van der Waals surface area contributed by atoms with Gasteiger partial charge in [0.05, 0.1) is 11.4 Å². The van der Waals surface area contributed by atoms with Gasteiger partial charge in [0.2, 0.25) is 0 Å². The van der Waals surface area contributed by atoms with E-state index in [9.17, 15) is 9.59 Å². The highest BCUT2D eigenvalue weighted by Gasteiger charge is 2.20. The van der Waals surface area contributed by atoms with Crippen molar-refractivity contribution in [3.05, 3.63) is 90.0 Å². The van der Waals surface area contributed by atoms with E-state index in [2.05, 4.69) is 0 Å². The molecule has 6 heteroatoms. The highest BCUT2D eigenvalue weighted by atomic mass is 16.6. The average Bonchev–Trinajstić information content (AvgIpc) is 2.79. The Morgan fingerprint density at radius 2 is 1.48 bits per heavy atom. The first-order valence-corrected chi connectivity index (χ1v) is 10.1. The Labute approximate surface area is 181 Å². The number of ether oxygens (including phenoxy) is 2. The number of amides is 1. The van der Waals surface area contributed by atoms with Crippen molar-refractivity contribution in [3.63, 3.8) is 0 Å². The topological polar surface area (TPSA) is 76.1 Å². The highest BCUT2D eigenvalue weighted by Crippen LogP contribution is 2.28. The number of hydrogen-bond donors (Lipinski definition) is 1. The first kappa shape index (κ1) is 21.9. The smallest absolute Gasteiger partial charge is 0.419 e. The van der Waals surface area contributed by atoms with E-state index >= 15 is 0 Å². The zero-order valence-electron chi connectivity index (χ0n) is 17.4. The van der Waals surface area contributed by atoms with Gasteiger partial charge in [-0.15, -0.1) is 0 Å². The third kappa shape index (κ3) is 5.85. The number of nitrogens with zero attached hydrogens (tertiary/aromatic N) is 1. The molecule has 0 unspecified atom stereocenters. The van der Waals surface area contributed by atoms with Crippen molar-refractivity contribution in [2.45, 2.75) is 26.4 Å². The van der Waals surface area contributed by atoms with Crippen LogP contribution in [0.2, 0.25) is 0 Å². The van der Waals surface area contributed by atoms with Crippen molar-refractivity contribution in [1.29, 1.82) is 0 Å². The summed E-state index contributed by atoms with van der Waals surface area (Å²) in [5.74, 6) is -0.540. The van der Waals surface area contributed by atoms with Crippen LogP contribution in [0.1, 0.15) is 24.5 Å². The maximum atomic E-state index is 13.1. The molecule has 31 heavy (non-hydrogen) atoms. The second-order valence-electron chi connectivity index (χ2n) is 6.89. The fourth-order valence-electron chi connectivity index (χ4n) is 3.27. The molecule has 3 rings (SSSR count). The molecule has 160 valence electrons. The van der Waals surface area contributed by atoms with Crippen LogP contribution in [0.25, 0.3) is 0 Å². The summed E-state index contributed by atoms with van der Waals surface area (Å²) in [5, 5.41) is 8.92. The van der Waals surface area contributed by atoms with Gasteiger partial charge in [-0.05, 0) is 42.3 Å². The number of hydrogen-bond acceptors (Lipinski definition) is 4. The molecule has 3 aromatic rings. The van der Waals surface area contributed by atoms with E-state index in [1.165, 1.54) is 4.90 Å². The fraction of sp³-hybridized carbons (Fsp3) is 0.200. The second-order valence-corrected chi connectivity index (χ2v) is 6.89. The Kier molecular flexibility index (Phi) is 7.65. The molecule has 0 bridgehead atoms. The third-order valence-electron chi connectivity index (χ3n) is 4.64. The van der Waals surface area contributed by atoms with Gasteiger partial charge in [-0.1, -0.05) is 61.9 Å². The Bertz CT molecular complexity index is 965. The van der Waals surface area contributed by atoms with Crippen LogP contribution < -0.4 is 9.64 Å². The molecule has 0 radical (unpaired) electrons. The first-order chi connectivity index (χ1) is 15.1. The average molecular weight is 419 g/mol. The number of carboxylic acid groups (broad SMARTS) is 1. The van der Waals surface area contributed by atoms with Crippen molar-refractivity contribution in [2.24, 2.45) is 0 Å². The summed E-state index contributed by atoms with van der Waals surface area (Å²) in [7, 11) is 0. The van der Waals surface area contributed by atoms with E-state index in [0.717, 1.165) is 17.5 Å². The second kappa shape index (κ2) is 10.8. The lowest BCUT2D eigenvalue weighted by atomic mass is 10.0. The summed E-state index contributed by atoms with van der Waals surface area (Å²) in [6.45, 7) is 1.65. The zero-order valence-corrected chi connectivity index (χ0v) is 17.4. The summed E-state index contributed by atoms with van der Waals surface area (Å²) >= 11 is 0. The quantitative estimate of drug-likeness (QED) is 0.490. The molecule has 0 fully saturated rings. The zero-order chi connectivity index (χ0) is 22.1. The minimum absolute atomic E-state index is 0.0502. The van der Waals surface area contributed by atoms with E-state index in [0.29, 0.717) is 23.5 Å². The number of aliphatic carboxylic acids is 1. The largest absolute Gasteiger partial charge is 0.482 e. The summed E-state index contributed by atoms with van der Waals surface area (Å²) in [6, 6.07) is 24.0. The molecule has 0 aliphatic heterocycles. The van der Waals surface area contributed by atoms with Gasteiger partial charge in [-0.25, -0.2) is 14.5 Å². The SMILES string of the molecule is CCCc1c(COC(=O)N(c2ccccc2)c2ccccc2)cccc1OCC(=O)O. The number of carbonyl (C=O) groups excluding carboxylic acids is 1. The number of rotatable bonds is 9. The van der Waals surface area contributed by atoms with E-state index < -0.39 is 18.7 Å². The summed E-state index contributed by atoms with van der Waals surface area (Å²) in [4.78, 5) is 25.5. The molecule has 0 heterocycles. The standard InChI is InChI=1S/C25H25NO5/c1-2-10-22-19(11-9-16-23(22)30-18-24(27)28)17-31-25(29)26(20-12-5-3-6-13-20)21-14-7-4-8-15-21/h3-9,11-16H,2,10,17-18H2,1H3,(H,27,28). The van der Waals surface area contributed by atoms with Crippen molar-refractivity contribution in [2.75, 3.05) is 11.5 Å². The van der Waals surface area contributed by atoms with Gasteiger partial charge >= 0.3 is 12.1 Å². The fourth-order valence-corrected chi connectivity index (χ4v) is 3.27. The molecular weight excluding hydrogens is 394 g/mol. The van der Waals surface area contributed by atoms with Crippen LogP contribution in [0, 0.1) is 0 Å². The number of carbonyl (C=O) groups is 2. The van der Waals surface area contributed by atoms with E-state index in [1.807, 2.05) is 73.7 Å². The molecule has 3 aromatic carbocycles. The van der Waals surface area contributed by atoms with Gasteiger partial charge in [0.15, 0.2) is 6.61 Å². The van der Waals surface area contributed by atoms with Crippen LogP contribution in [0.15, 0.2) is 78.9 Å². The van der Waals surface area contributed by atoms with Crippen LogP contribution >= 0.6 is 0 Å².